The first kappa shape index (κ1) is 14.2. The molecule has 0 saturated carbocycles. The smallest absolute Gasteiger partial charge is 0.242 e. The van der Waals surface area contributed by atoms with Crippen LogP contribution in [0.5, 0.6) is 0 Å². The maximum absolute atomic E-state index is 11.3. The van der Waals surface area contributed by atoms with Crippen molar-refractivity contribution in [3.05, 3.63) is 0 Å². The first-order chi connectivity index (χ1) is 7.11. The van der Waals surface area contributed by atoms with E-state index in [1.54, 1.807) is 6.92 Å². The van der Waals surface area contributed by atoms with Gasteiger partial charge in [0.25, 0.3) is 0 Å². The van der Waals surface area contributed by atoms with E-state index in [1.807, 2.05) is 6.92 Å². The molecule has 0 rings (SSSR count). The Morgan fingerprint density at radius 2 is 2.00 bits per heavy atom. The fourth-order valence-corrected chi connectivity index (χ4v) is 1.28. The van der Waals surface area contributed by atoms with E-state index >= 15 is 0 Å². The van der Waals surface area contributed by atoms with E-state index in [0.29, 0.717) is 18.8 Å². The fraction of sp³-hybridized carbons (Fsp3) is 0.800. The van der Waals surface area contributed by atoms with Crippen molar-refractivity contribution in [2.75, 3.05) is 12.4 Å². The molecule has 0 fully saturated rings. The summed E-state index contributed by atoms with van der Waals surface area (Å²) in [6, 6.07) is -0.464. The Kier molecular flexibility index (Phi) is 8.09. The zero-order valence-electron chi connectivity index (χ0n) is 9.31. The van der Waals surface area contributed by atoms with Crippen LogP contribution in [0.1, 0.15) is 33.1 Å². The van der Waals surface area contributed by atoms with E-state index < -0.39 is 6.04 Å². The summed E-state index contributed by atoms with van der Waals surface area (Å²) < 4.78 is 0. The molecule has 0 radical (unpaired) electrons. The first-order valence-electron chi connectivity index (χ1n) is 5.24. The molecule has 0 bridgehead atoms. The third kappa shape index (κ3) is 7.19. The molecule has 0 aliphatic rings. The van der Waals surface area contributed by atoms with E-state index in [4.69, 9.17) is 11.6 Å². The van der Waals surface area contributed by atoms with Crippen molar-refractivity contribution in [3.63, 3.8) is 0 Å². The summed E-state index contributed by atoms with van der Waals surface area (Å²) in [6.45, 7) is 4.09. The van der Waals surface area contributed by atoms with Crippen LogP contribution in [0, 0.1) is 0 Å². The van der Waals surface area contributed by atoms with Crippen molar-refractivity contribution in [3.8, 4) is 0 Å². The highest BCUT2D eigenvalue weighted by Crippen LogP contribution is 1.97. The van der Waals surface area contributed by atoms with E-state index in [1.165, 1.54) is 0 Å². The van der Waals surface area contributed by atoms with Gasteiger partial charge >= 0.3 is 0 Å². The lowest BCUT2D eigenvalue weighted by molar-refractivity contribution is -0.128. The molecule has 0 aromatic heterocycles. The number of rotatable bonds is 7. The minimum atomic E-state index is -0.464. The lowest BCUT2D eigenvalue weighted by Gasteiger charge is -2.12. The fourth-order valence-electron chi connectivity index (χ4n) is 1.09. The maximum atomic E-state index is 11.3. The van der Waals surface area contributed by atoms with E-state index in [2.05, 4.69) is 10.6 Å². The summed E-state index contributed by atoms with van der Waals surface area (Å²) in [7, 11) is 0. The molecule has 2 N–H and O–H groups in total. The molecular formula is C10H19ClN2O2. The lowest BCUT2D eigenvalue weighted by Crippen LogP contribution is -2.44. The molecule has 2 amide bonds. The molecule has 0 aromatic carbocycles. The highest BCUT2D eigenvalue weighted by Gasteiger charge is 2.13. The van der Waals surface area contributed by atoms with Crippen molar-refractivity contribution in [1.29, 1.82) is 0 Å². The Morgan fingerprint density at radius 3 is 2.53 bits per heavy atom. The predicted molar refractivity (Wildman–Crippen MR) is 60.9 cm³/mol. The molecule has 5 heteroatoms. The number of unbranched alkanes of at least 4 members (excludes halogenated alkanes) is 1. The molecule has 15 heavy (non-hydrogen) atoms. The Morgan fingerprint density at radius 1 is 1.33 bits per heavy atom. The summed E-state index contributed by atoms with van der Waals surface area (Å²) >= 11 is 5.49. The molecule has 1 unspecified atom stereocenters. The molecule has 0 aliphatic heterocycles. The van der Waals surface area contributed by atoms with E-state index in [-0.39, 0.29) is 11.8 Å². The zero-order valence-corrected chi connectivity index (χ0v) is 10.1. The van der Waals surface area contributed by atoms with Crippen LogP contribution in [0.3, 0.4) is 0 Å². The molecule has 0 aliphatic carbocycles. The van der Waals surface area contributed by atoms with E-state index in [0.717, 1.165) is 12.8 Å². The third-order valence-corrected chi connectivity index (χ3v) is 2.18. The normalized spacial score (nSPS) is 11.9. The predicted octanol–water partition coefficient (Wildman–Crippen LogP) is 1.04. The molecule has 88 valence electrons. The molecule has 4 nitrogen and oxygen atoms in total. The molecule has 0 heterocycles. The van der Waals surface area contributed by atoms with Crippen molar-refractivity contribution < 1.29 is 9.59 Å². The van der Waals surface area contributed by atoms with Gasteiger partial charge in [-0.25, -0.2) is 0 Å². The van der Waals surface area contributed by atoms with Crippen LogP contribution < -0.4 is 10.6 Å². The number of hydrogen-bond donors (Lipinski definition) is 2. The van der Waals surface area contributed by atoms with E-state index in [9.17, 15) is 9.59 Å². The number of nitrogens with one attached hydrogen (secondary N) is 2. The molecule has 1 atom stereocenters. The lowest BCUT2D eigenvalue weighted by atomic mass is 10.2. The number of carbonyl (C=O) groups is 2. The van der Waals surface area contributed by atoms with Crippen LogP contribution in [-0.4, -0.2) is 30.3 Å². The summed E-state index contributed by atoms with van der Waals surface area (Å²) in [5.74, 6) is 0.321. The average molecular weight is 235 g/mol. The average Bonchev–Trinajstić information content (AvgIpc) is 2.18. The molecule has 0 spiro atoms. The standard InChI is InChI=1S/C10H19ClN2O2/c1-3-12-10(15)8(2)13-9(14)6-4-5-7-11/h8H,3-7H2,1-2H3,(H,12,15)(H,13,14). The van der Waals surface area contributed by atoms with Crippen LogP contribution in [0.2, 0.25) is 0 Å². The maximum Gasteiger partial charge on any atom is 0.242 e. The summed E-state index contributed by atoms with van der Waals surface area (Å²) in [4.78, 5) is 22.6. The van der Waals surface area contributed by atoms with Gasteiger partial charge in [-0.3, -0.25) is 9.59 Å². The number of amides is 2. The van der Waals surface area contributed by atoms with Crippen molar-refractivity contribution in [2.24, 2.45) is 0 Å². The van der Waals surface area contributed by atoms with Gasteiger partial charge in [-0.15, -0.1) is 11.6 Å². The number of halogens is 1. The summed E-state index contributed by atoms with van der Waals surface area (Å²) in [5, 5.41) is 5.27. The molecular weight excluding hydrogens is 216 g/mol. The number of hydrogen-bond acceptors (Lipinski definition) is 2. The van der Waals surface area contributed by atoms with Crippen LogP contribution in [-0.2, 0) is 9.59 Å². The van der Waals surface area contributed by atoms with Gasteiger partial charge < -0.3 is 10.6 Å². The second kappa shape index (κ2) is 8.53. The zero-order chi connectivity index (χ0) is 11.7. The van der Waals surface area contributed by atoms with Gasteiger partial charge in [0, 0.05) is 18.8 Å². The third-order valence-electron chi connectivity index (χ3n) is 1.91. The Hall–Kier alpha value is -0.770. The number of likely N-dealkylation sites (N-methyl/N-ethyl adjacent to an activating group) is 1. The van der Waals surface area contributed by atoms with Crippen molar-refractivity contribution >= 4 is 23.4 Å². The van der Waals surface area contributed by atoms with Gasteiger partial charge in [-0.05, 0) is 26.7 Å². The Bertz CT molecular complexity index is 210. The van der Waals surface area contributed by atoms with Gasteiger partial charge in [0.1, 0.15) is 6.04 Å². The van der Waals surface area contributed by atoms with Crippen LogP contribution in [0.25, 0.3) is 0 Å². The van der Waals surface area contributed by atoms with Gasteiger partial charge in [-0.2, -0.15) is 0 Å². The van der Waals surface area contributed by atoms with Crippen LogP contribution in [0.15, 0.2) is 0 Å². The highest BCUT2D eigenvalue weighted by molar-refractivity contribution is 6.17. The largest absolute Gasteiger partial charge is 0.355 e. The van der Waals surface area contributed by atoms with Gasteiger partial charge in [0.15, 0.2) is 0 Å². The highest BCUT2D eigenvalue weighted by atomic mass is 35.5. The summed E-state index contributed by atoms with van der Waals surface area (Å²) in [6.07, 6.45) is 2.01. The van der Waals surface area contributed by atoms with Crippen molar-refractivity contribution in [1.82, 2.24) is 10.6 Å². The minimum absolute atomic E-state index is 0.0983. The molecule has 0 aromatic rings. The van der Waals surface area contributed by atoms with Gasteiger partial charge in [-0.1, -0.05) is 0 Å². The van der Waals surface area contributed by atoms with Crippen molar-refractivity contribution in [2.45, 2.75) is 39.2 Å². The number of carbonyl (C=O) groups excluding carboxylic acids is 2. The SMILES string of the molecule is CCNC(=O)C(C)NC(=O)CCCCCl. The second-order valence-corrected chi connectivity index (χ2v) is 3.71. The van der Waals surface area contributed by atoms with Gasteiger partial charge in [0.2, 0.25) is 11.8 Å². The minimum Gasteiger partial charge on any atom is -0.355 e. The van der Waals surface area contributed by atoms with Crippen LogP contribution >= 0.6 is 11.6 Å². The Labute approximate surface area is 95.7 Å². The quantitative estimate of drug-likeness (QED) is 0.511. The number of alkyl halides is 1. The first-order valence-corrected chi connectivity index (χ1v) is 5.78. The summed E-state index contributed by atoms with van der Waals surface area (Å²) in [5.41, 5.74) is 0. The topological polar surface area (TPSA) is 58.2 Å². The monoisotopic (exact) mass is 234 g/mol. The molecule has 0 saturated heterocycles. The second-order valence-electron chi connectivity index (χ2n) is 3.33. The van der Waals surface area contributed by atoms with Gasteiger partial charge in [0.05, 0.1) is 0 Å². The Balaban J connectivity index is 3.70. The van der Waals surface area contributed by atoms with Crippen LogP contribution in [0.4, 0.5) is 0 Å².